The third-order valence-corrected chi connectivity index (χ3v) is 12.9. The number of halogens is 1. The smallest absolute Gasteiger partial charge is 0.410 e. The van der Waals surface area contributed by atoms with E-state index in [1.807, 2.05) is 18.2 Å². The first-order valence-corrected chi connectivity index (χ1v) is 19.4. The van der Waals surface area contributed by atoms with Crippen LogP contribution >= 0.6 is 11.6 Å². The van der Waals surface area contributed by atoms with Crippen LogP contribution in [-0.2, 0) is 40.9 Å². The molecule has 1 saturated heterocycles. The zero-order valence-electron chi connectivity index (χ0n) is 28.9. The molecule has 5 atom stereocenters. The molecule has 2 bridgehead atoms. The van der Waals surface area contributed by atoms with Crippen molar-refractivity contribution in [2.24, 2.45) is 11.8 Å². The molecule has 1 saturated carbocycles. The first-order chi connectivity index (χ1) is 23.8. The topological polar surface area (TPSA) is 124 Å². The molecule has 270 valence electrons. The van der Waals surface area contributed by atoms with E-state index in [1.54, 1.807) is 30.2 Å². The molecule has 2 amide bonds. The second kappa shape index (κ2) is 13.7. The van der Waals surface area contributed by atoms with Gasteiger partial charge in [-0.15, -0.1) is 0 Å². The van der Waals surface area contributed by atoms with Gasteiger partial charge in [0.1, 0.15) is 17.5 Å². The van der Waals surface area contributed by atoms with Gasteiger partial charge in [-0.2, -0.15) is 0 Å². The van der Waals surface area contributed by atoms with Crippen LogP contribution in [0.5, 0.6) is 5.75 Å². The molecule has 7 rings (SSSR count). The summed E-state index contributed by atoms with van der Waals surface area (Å²) in [5, 5.41) is 0.700. The monoisotopic (exact) mass is 727 g/mol. The molecule has 0 unspecified atom stereocenters. The molecule has 11 nitrogen and oxygen atoms in total. The van der Waals surface area contributed by atoms with Crippen molar-refractivity contribution in [3.05, 3.63) is 64.7 Å². The number of amides is 2. The Hall–Kier alpha value is -3.32. The summed E-state index contributed by atoms with van der Waals surface area (Å²) in [5.74, 6) is -0.0586. The summed E-state index contributed by atoms with van der Waals surface area (Å²) in [6, 6.07) is 10.8. The number of ether oxygens (including phenoxy) is 4. The van der Waals surface area contributed by atoms with Gasteiger partial charge >= 0.3 is 6.09 Å². The Kier molecular flexibility index (Phi) is 9.59. The highest BCUT2D eigenvalue weighted by atomic mass is 35.5. The Morgan fingerprint density at radius 1 is 1.14 bits per heavy atom. The van der Waals surface area contributed by atoms with Gasteiger partial charge in [-0.05, 0) is 106 Å². The Morgan fingerprint density at radius 2 is 1.98 bits per heavy atom. The molecule has 0 aromatic heterocycles. The van der Waals surface area contributed by atoms with Crippen molar-refractivity contribution >= 4 is 39.3 Å². The maximum atomic E-state index is 13.6. The van der Waals surface area contributed by atoms with Crippen molar-refractivity contribution in [1.82, 2.24) is 9.62 Å². The number of rotatable bonds is 2. The summed E-state index contributed by atoms with van der Waals surface area (Å²) >= 11 is 6.44. The summed E-state index contributed by atoms with van der Waals surface area (Å²) in [5.41, 5.74) is 1.24. The number of fused-ring (bicyclic) bond motifs is 4. The third-order valence-electron chi connectivity index (χ3n) is 11.3. The number of nitrogens with one attached hydrogen (secondary N) is 1. The standard InChI is InChI=1S/C37H46ClN3O8S/c1-36(2)34(42)39-50(44,45)28-10-13-33-31(19-28)41(22-37(23-47-33)15-4-6-24-18-26(38)9-12-30(24)37)20-25-8-11-29(25)32(7-5-16-48-36)49-35(43)40(3)27-14-17-46-21-27/h5,7,9-10,12-13,18-19,25,27,29,32H,4,6,8,11,14-17,20-23H2,1-3H3,(H,39,42)/t25-,27+,29+,32-,37-/m0/s1. The first kappa shape index (κ1) is 35.1. The maximum Gasteiger partial charge on any atom is 0.410 e. The van der Waals surface area contributed by atoms with Gasteiger partial charge in [-0.3, -0.25) is 4.79 Å². The molecule has 13 heteroatoms. The van der Waals surface area contributed by atoms with Crippen LogP contribution in [0.15, 0.2) is 53.4 Å². The van der Waals surface area contributed by atoms with Gasteiger partial charge in [0.15, 0.2) is 0 Å². The molecule has 2 aliphatic carbocycles. The average Bonchev–Trinajstić information content (AvgIpc) is 3.56. The van der Waals surface area contributed by atoms with E-state index in [-0.39, 0.29) is 34.8 Å². The van der Waals surface area contributed by atoms with Crippen LogP contribution in [0.2, 0.25) is 5.02 Å². The predicted molar refractivity (Wildman–Crippen MR) is 188 cm³/mol. The van der Waals surface area contributed by atoms with Crippen molar-refractivity contribution in [3.63, 3.8) is 0 Å². The number of nitrogens with zero attached hydrogens (tertiary/aromatic N) is 2. The number of anilines is 1. The zero-order chi connectivity index (χ0) is 35.3. The number of likely N-dealkylation sites (N-methyl/N-ethyl adjacent to an activating group) is 1. The number of carbonyl (C=O) groups excluding carboxylic acids is 2. The molecular weight excluding hydrogens is 682 g/mol. The number of hydrogen-bond acceptors (Lipinski definition) is 9. The van der Waals surface area contributed by atoms with E-state index in [0.29, 0.717) is 49.4 Å². The minimum absolute atomic E-state index is 0.0144. The second-order valence-corrected chi connectivity index (χ2v) is 17.0. The molecule has 3 heterocycles. The van der Waals surface area contributed by atoms with E-state index >= 15 is 0 Å². The lowest BCUT2D eigenvalue weighted by atomic mass is 9.68. The fourth-order valence-electron chi connectivity index (χ4n) is 8.06. The van der Waals surface area contributed by atoms with Crippen molar-refractivity contribution in [1.29, 1.82) is 0 Å². The van der Waals surface area contributed by atoms with Crippen molar-refractivity contribution in [2.45, 2.75) is 80.4 Å². The van der Waals surface area contributed by atoms with Crippen molar-refractivity contribution in [2.75, 3.05) is 51.5 Å². The molecule has 5 aliphatic rings. The quantitative estimate of drug-likeness (QED) is 0.414. The van der Waals surface area contributed by atoms with Crippen LogP contribution < -0.4 is 14.4 Å². The fraction of sp³-hybridized carbons (Fsp3) is 0.568. The van der Waals surface area contributed by atoms with Crippen LogP contribution in [0.4, 0.5) is 10.5 Å². The average molecular weight is 728 g/mol. The summed E-state index contributed by atoms with van der Waals surface area (Å²) in [6.07, 6.45) is 8.00. The summed E-state index contributed by atoms with van der Waals surface area (Å²) < 4.78 is 53.7. The number of sulfonamides is 1. The van der Waals surface area contributed by atoms with E-state index < -0.39 is 33.7 Å². The summed E-state index contributed by atoms with van der Waals surface area (Å²) in [7, 11) is -2.50. The summed E-state index contributed by atoms with van der Waals surface area (Å²) in [6.45, 7) is 5.77. The van der Waals surface area contributed by atoms with Crippen LogP contribution in [-0.4, -0.2) is 89.6 Å². The lowest BCUT2D eigenvalue weighted by Crippen LogP contribution is -2.50. The van der Waals surface area contributed by atoms with E-state index in [1.165, 1.54) is 31.0 Å². The Balaban J connectivity index is 1.27. The van der Waals surface area contributed by atoms with Gasteiger partial charge in [0.25, 0.3) is 15.9 Å². The molecular formula is C37H46ClN3O8S. The van der Waals surface area contributed by atoms with Crippen LogP contribution in [0.3, 0.4) is 0 Å². The summed E-state index contributed by atoms with van der Waals surface area (Å²) in [4.78, 5) is 30.6. The first-order valence-electron chi connectivity index (χ1n) is 17.5. The molecule has 3 aliphatic heterocycles. The second-order valence-electron chi connectivity index (χ2n) is 14.9. The third kappa shape index (κ3) is 6.83. The van der Waals surface area contributed by atoms with Gasteiger partial charge in [-0.25, -0.2) is 17.9 Å². The number of benzene rings is 2. The van der Waals surface area contributed by atoms with Gasteiger partial charge in [0, 0.05) is 43.1 Å². The van der Waals surface area contributed by atoms with Gasteiger partial charge in [-0.1, -0.05) is 23.7 Å². The zero-order valence-corrected chi connectivity index (χ0v) is 30.4. The van der Waals surface area contributed by atoms with Crippen LogP contribution in [0.25, 0.3) is 0 Å². The Bertz CT molecular complexity index is 1780. The van der Waals surface area contributed by atoms with Crippen molar-refractivity contribution < 1.29 is 37.0 Å². The molecule has 1 spiro atoms. The fourth-order valence-corrected chi connectivity index (χ4v) is 9.38. The SMILES string of the molecule is CN(C(=O)O[C@H]1C=CCOC(C)(C)C(=O)NS(=O)(=O)c2ccc3c(c2)N(C[C@@H]2CC[C@H]21)C[C@@]1(CCCc2cc(Cl)ccc21)CO3)[C@@H]1CCOC1. The highest BCUT2D eigenvalue weighted by Crippen LogP contribution is 2.47. The van der Waals surface area contributed by atoms with E-state index in [2.05, 4.69) is 15.7 Å². The lowest BCUT2D eigenvalue weighted by molar-refractivity contribution is -0.139. The normalized spacial score (nSPS) is 30.2. The largest absolute Gasteiger partial charge is 0.490 e. The van der Waals surface area contributed by atoms with Gasteiger partial charge in [0.2, 0.25) is 0 Å². The van der Waals surface area contributed by atoms with E-state index in [9.17, 15) is 18.0 Å². The molecule has 2 fully saturated rings. The molecule has 2 aromatic carbocycles. The molecule has 0 radical (unpaired) electrons. The lowest BCUT2D eigenvalue weighted by Gasteiger charge is -2.46. The number of carbonyl (C=O) groups is 2. The number of hydrogen-bond donors (Lipinski definition) is 1. The molecule has 2 aromatic rings. The van der Waals surface area contributed by atoms with Crippen molar-refractivity contribution in [3.8, 4) is 5.75 Å². The van der Waals surface area contributed by atoms with Crippen LogP contribution in [0.1, 0.15) is 57.1 Å². The highest BCUT2D eigenvalue weighted by Gasteiger charge is 2.45. The predicted octanol–water partition coefficient (Wildman–Crippen LogP) is 5.24. The Morgan fingerprint density at radius 3 is 2.74 bits per heavy atom. The maximum absolute atomic E-state index is 13.6. The van der Waals surface area contributed by atoms with Crippen LogP contribution in [0, 0.1) is 11.8 Å². The molecule has 50 heavy (non-hydrogen) atoms. The van der Waals surface area contributed by atoms with E-state index in [4.69, 9.17) is 30.5 Å². The van der Waals surface area contributed by atoms with Gasteiger partial charge in [0.05, 0.1) is 36.4 Å². The number of aryl methyl sites for hydroxylation is 1. The highest BCUT2D eigenvalue weighted by molar-refractivity contribution is 7.90. The van der Waals surface area contributed by atoms with Gasteiger partial charge < -0.3 is 28.7 Å². The van der Waals surface area contributed by atoms with E-state index in [0.717, 1.165) is 38.5 Å². The minimum Gasteiger partial charge on any atom is -0.490 e. The minimum atomic E-state index is -4.24. The Labute approximate surface area is 299 Å². The molecule has 1 N–H and O–H groups in total.